The van der Waals surface area contributed by atoms with Crippen molar-refractivity contribution >= 4 is 23.3 Å². The lowest BCUT2D eigenvalue weighted by atomic mass is 9.93. The van der Waals surface area contributed by atoms with E-state index in [9.17, 15) is 14.0 Å². The summed E-state index contributed by atoms with van der Waals surface area (Å²) in [5, 5.41) is 2.04. The molecule has 3 rings (SSSR count). The maximum Gasteiger partial charge on any atom is 0.320 e. The van der Waals surface area contributed by atoms with Crippen LogP contribution in [0.2, 0.25) is 0 Å². The van der Waals surface area contributed by atoms with Crippen molar-refractivity contribution in [2.45, 2.75) is 38.8 Å². The van der Waals surface area contributed by atoms with Crippen LogP contribution in [0.5, 0.6) is 0 Å². The minimum atomic E-state index is -0.299. The van der Waals surface area contributed by atoms with Gasteiger partial charge in [-0.15, -0.1) is 11.3 Å². The van der Waals surface area contributed by atoms with E-state index < -0.39 is 0 Å². The van der Waals surface area contributed by atoms with Crippen molar-refractivity contribution in [3.8, 4) is 0 Å². The molecule has 1 aromatic heterocycles. The summed E-state index contributed by atoms with van der Waals surface area (Å²) < 4.78 is 13.5. The third-order valence-electron chi connectivity index (χ3n) is 5.53. The van der Waals surface area contributed by atoms with E-state index in [-0.39, 0.29) is 36.4 Å². The van der Waals surface area contributed by atoms with Gasteiger partial charge in [0.05, 0.1) is 6.04 Å². The number of nitrogens with zero attached hydrogens (tertiary/aromatic N) is 3. The highest BCUT2D eigenvalue weighted by atomic mass is 32.1. The molecule has 2 atom stereocenters. The Labute approximate surface area is 175 Å². The Morgan fingerprint density at radius 3 is 2.55 bits per heavy atom. The summed E-state index contributed by atoms with van der Waals surface area (Å²) in [4.78, 5) is 32.3. The highest BCUT2D eigenvalue weighted by molar-refractivity contribution is 7.10. The van der Waals surface area contributed by atoms with Gasteiger partial charge in [-0.25, -0.2) is 9.18 Å². The van der Waals surface area contributed by atoms with E-state index in [1.54, 1.807) is 42.5 Å². The van der Waals surface area contributed by atoms with Gasteiger partial charge in [-0.1, -0.05) is 19.1 Å². The minimum absolute atomic E-state index is 0.0309. The molecule has 1 aromatic carbocycles. The fourth-order valence-corrected chi connectivity index (χ4v) is 4.62. The molecule has 1 aliphatic rings. The Kier molecular flexibility index (Phi) is 6.57. The van der Waals surface area contributed by atoms with Crippen molar-refractivity contribution in [1.82, 2.24) is 14.7 Å². The SMILES string of the molecule is CC[C@@H](C)N(CC(=O)N1CCc2sccc2[C@H]1c1ccc(F)cc1)C(=O)N(C)C. The molecule has 0 saturated carbocycles. The molecule has 0 fully saturated rings. The fraction of sp³-hybridized carbons (Fsp3) is 0.455. The number of carbonyl (C=O) groups excluding carboxylic acids is 2. The van der Waals surface area contributed by atoms with Crippen molar-refractivity contribution in [2.75, 3.05) is 27.2 Å². The van der Waals surface area contributed by atoms with Crippen LogP contribution < -0.4 is 0 Å². The predicted molar refractivity (Wildman–Crippen MR) is 114 cm³/mol. The van der Waals surface area contributed by atoms with E-state index in [1.165, 1.54) is 21.9 Å². The van der Waals surface area contributed by atoms with Crippen LogP contribution in [0.25, 0.3) is 0 Å². The van der Waals surface area contributed by atoms with Crippen LogP contribution in [0.3, 0.4) is 0 Å². The summed E-state index contributed by atoms with van der Waals surface area (Å²) in [6.07, 6.45) is 1.56. The zero-order valence-electron chi connectivity index (χ0n) is 17.4. The highest BCUT2D eigenvalue weighted by Crippen LogP contribution is 2.38. The first-order chi connectivity index (χ1) is 13.8. The Hall–Kier alpha value is -2.41. The molecule has 0 bridgehead atoms. The molecule has 0 aliphatic carbocycles. The largest absolute Gasteiger partial charge is 0.331 e. The van der Waals surface area contributed by atoms with Crippen LogP contribution >= 0.6 is 11.3 Å². The van der Waals surface area contributed by atoms with Crippen molar-refractivity contribution in [3.63, 3.8) is 0 Å². The van der Waals surface area contributed by atoms with E-state index in [1.807, 2.05) is 30.2 Å². The molecule has 7 heteroatoms. The molecule has 0 radical (unpaired) electrons. The van der Waals surface area contributed by atoms with Crippen LogP contribution in [0, 0.1) is 5.82 Å². The molecule has 156 valence electrons. The zero-order chi connectivity index (χ0) is 21.1. The molecule has 2 aromatic rings. The Morgan fingerprint density at radius 1 is 1.24 bits per heavy atom. The Bertz CT molecular complexity index is 865. The molecule has 2 heterocycles. The van der Waals surface area contributed by atoms with Gasteiger partial charge < -0.3 is 14.7 Å². The normalized spacial score (nSPS) is 16.9. The lowest BCUT2D eigenvalue weighted by Gasteiger charge is -2.39. The maximum atomic E-state index is 13.5. The first-order valence-electron chi connectivity index (χ1n) is 9.92. The monoisotopic (exact) mass is 417 g/mol. The molecule has 0 saturated heterocycles. The van der Waals surface area contributed by atoms with Gasteiger partial charge in [-0.3, -0.25) is 4.79 Å². The molecular formula is C22H28FN3O2S. The second-order valence-electron chi connectivity index (χ2n) is 7.65. The number of amides is 3. The molecule has 0 unspecified atom stereocenters. The van der Waals surface area contributed by atoms with Gasteiger partial charge in [0.2, 0.25) is 5.91 Å². The van der Waals surface area contributed by atoms with Crippen LogP contribution in [0.4, 0.5) is 9.18 Å². The molecule has 0 spiro atoms. The molecule has 3 amide bonds. The van der Waals surface area contributed by atoms with E-state index in [0.29, 0.717) is 6.54 Å². The number of carbonyl (C=O) groups is 2. The Balaban J connectivity index is 1.91. The number of hydrogen-bond donors (Lipinski definition) is 0. The van der Waals surface area contributed by atoms with Crippen LogP contribution in [-0.4, -0.2) is 59.9 Å². The summed E-state index contributed by atoms with van der Waals surface area (Å²) in [6, 6.07) is 7.92. The van der Waals surface area contributed by atoms with Crippen LogP contribution in [0.1, 0.15) is 42.3 Å². The first-order valence-corrected chi connectivity index (χ1v) is 10.8. The van der Waals surface area contributed by atoms with Gasteiger partial charge in [-0.2, -0.15) is 0 Å². The number of urea groups is 1. The minimum Gasteiger partial charge on any atom is -0.331 e. The van der Waals surface area contributed by atoms with Gasteiger partial charge >= 0.3 is 6.03 Å². The van der Waals surface area contributed by atoms with Crippen molar-refractivity contribution < 1.29 is 14.0 Å². The average molecular weight is 418 g/mol. The summed E-state index contributed by atoms with van der Waals surface area (Å²) in [5.41, 5.74) is 1.98. The summed E-state index contributed by atoms with van der Waals surface area (Å²) >= 11 is 1.69. The number of fused-ring (bicyclic) bond motifs is 1. The third-order valence-corrected chi connectivity index (χ3v) is 6.53. The van der Waals surface area contributed by atoms with Gasteiger partial charge in [0, 0.05) is 31.6 Å². The third kappa shape index (κ3) is 4.45. The van der Waals surface area contributed by atoms with E-state index in [4.69, 9.17) is 0 Å². The summed E-state index contributed by atoms with van der Waals surface area (Å²) in [6.45, 7) is 4.58. The van der Waals surface area contributed by atoms with Crippen LogP contribution in [0.15, 0.2) is 35.7 Å². The lowest BCUT2D eigenvalue weighted by molar-refractivity contribution is -0.134. The quantitative estimate of drug-likeness (QED) is 0.734. The number of halogens is 1. The Morgan fingerprint density at radius 2 is 1.93 bits per heavy atom. The molecule has 1 aliphatic heterocycles. The topological polar surface area (TPSA) is 43.9 Å². The van der Waals surface area contributed by atoms with Gasteiger partial charge in [0.25, 0.3) is 0 Å². The first kappa shape index (κ1) is 21.3. The second-order valence-corrected chi connectivity index (χ2v) is 8.65. The van der Waals surface area contributed by atoms with Gasteiger partial charge in [0.15, 0.2) is 0 Å². The number of benzene rings is 1. The van der Waals surface area contributed by atoms with Gasteiger partial charge in [0.1, 0.15) is 12.4 Å². The zero-order valence-corrected chi connectivity index (χ0v) is 18.2. The van der Waals surface area contributed by atoms with E-state index >= 15 is 0 Å². The van der Waals surface area contributed by atoms with Crippen molar-refractivity contribution in [2.24, 2.45) is 0 Å². The molecular weight excluding hydrogens is 389 g/mol. The van der Waals surface area contributed by atoms with E-state index in [2.05, 4.69) is 0 Å². The van der Waals surface area contributed by atoms with Crippen molar-refractivity contribution in [3.05, 3.63) is 57.5 Å². The maximum absolute atomic E-state index is 13.5. The fourth-order valence-electron chi connectivity index (χ4n) is 3.72. The summed E-state index contributed by atoms with van der Waals surface area (Å²) in [7, 11) is 3.39. The molecule has 0 N–H and O–H groups in total. The lowest BCUT2D eigenvalue weighted by Crippen LogP contribution is -2.51. The number of thiophene rings is 1. The standard InChI is InChI=1S/C22H28FN3O2S/c1-5-15(2)26(22(28)24(3)4)14-20(27)25-12-10-19-18(11-13-29-19)21(25)16-6-8-17(23)9-7-16/h6-9,11,13,15,21H,5,10,12,14H2,1-4H3/t15-,21-/m1/s1. The second kappa shape index (κ2) is 8.95. The number of rotatable bonds is 5. The number of hydrogen-bond acceptors (Lipinski definition) is 3. The average Bonchev–Trinajstić information content (AvgIpc) is 3.19. The predicted octanol–water partition coefficient (Wildman–Crippen LogP) is 4.14. The van der Waals surface area contributed by atoms with Crippen LogP contribution in [-0.2, 0) is 11.2 Å². The smallest absolute Gasteiger partial charge is 0.320 e. The van der Waals surface area contributed by atoms with E-state index in [0.717, 1.165) is 24.0 Å². The molecule has 29 heavy (non-hydrogen) atoms. The molecule has 5 nitrogen and oxygen atoms in total. The van der Waals surface area contributed by atoms with Gasteiger partial charge in [-0.05, 0) is 54.5 Å². The highest BCUT2D eigenvalue weighted by Gasteiger charge is 2.34. The summed E-state index contributed by atoms with van der Waals surface area (Å²) in [5.74, 6) is -0.390. The van der Waals surface area contributed by atoms with Crippen molar-refractivity contribution in [1.29, 1.82) is 0 Å².